The number of nitrogens with two attached hydrogens (primary N) is 1. The number of thioether (sulfide) groups is 1. The molecule has 0 spiro atoms. The number of rotatable bonds is 5. The average Bonchev–Trinajstić information content (AvgIpc) is 2.53. The fraction of sp³-hybridized carbons (Fsp3) is 0.188. The number of ether oxygens (including phenoxy) is 1. The molecule has 0 aliphatic heterocycles. The van der Waals surface area contributed by atoms with Crippen LogP contribution in [0.3, 0.4) is 0 Å². The van der Waals surface area contributed by atoms with Crippen LogP contribution >= 0.6 is 11.8 Å². The molecule has 2 rings (SSSR count). The summed E-state index contributed by atoms with van der Waals surface area (Å²) in [6.45, 7) is 0. The number of benzene rings is 2. The van der Waals surface area contributed by atoms with Gasteiger partial charge in [-0.1, -0.05) is 6.07 Å². The minimum atomic E-state index is 0.0348. The number of carbonyl (C=O) groups is 1. The van der Waals surface area contributed by atoms with Crippen LogP contribution in [0, 0.1) is 0 Å². The van der Waals surface area contributed by atoms with Crippen molar-refractivity contribution in [3.05, 3.63) is 48.5 Å². The highest BCUT2D eigenvalue weighted by atomic mass is 32.2. The molecule has 0 bridgehead atoms. The molecule has 0 heterocycles. The van der Waals surface area contributed by atoms with Crippen LogP contribution in [0.15, 0.2) is 53.4 Å². The Balaban J connectivity index is 1.96. The van der Waals surface area contributed by atoms with Crippen LogP contribution in [0.2, 0.25) is 0 Å². The van der Waals surface area contributed by atoms with Gasteiger partial charge in [-0.15, -0.1) is 11.8 Å². The molecule has 1 amide bonds. The zero-order chi connectivity index (χ0) is 15.2. The highest BCUT2D eigenvalue weighted by Crippen LogP contribution is 2.24. The Bertz CT molecular complexity index is 614. The van der Waals surface area contributed by atoms with Gasteiger partial charge in [0, 0.05) is 23.3 Å². The van der Waals surface area contributed by atoms with Gasteiger partial charge in [-0.3, -0.25) is 4.79 Å². The molecule has 0 saturated carbocycles. The van der Waals surface area contributed by atoms with Gasteiger partial charge < -0.3 is 15.4 Å². The van der Waals surface area contributed by atoms with E-state index in [9.17, 15) is 4.79 Å². The van der Waals surface area contributed by atoms with Crippen molar-refractivity contribution in [2.45, 2.75) is 4.90 Å². The molecule has 2 aromatic rings. The normalized spacial score (nSPS) is 10.2. The third-order valence-electron chi connectivity index (χ3n) is 3.06. The van der Waals surface area contributed by atoms with Gasteiger partial charge in [-0.2, -0.15) is 0 Å². The van der Waals surface area contributed by atoms with Crippen molar-refractivity contribution >= 4 is 29.0 Å². The second kappa shape index (κ2) is 7.04. The topological polar surface area (TPSA) is 55.6 Å². The lowest BCUT2D eigenvalue weighted by Crippen LogP contribution is -2.27. The summed E-state index contributed by atoms with van der Waals surface area (Å²) in [5.41, 5.74) is 7.16. The van der Waals surface area contributed by atoms with Crippen LogP contribution in [0.5, 0.6) is 5.75 Å². The number of methoxy groups -OCH3 is 1. The molecular formula is C16H18N2O2S. The predicted molar refractivity (Wildman–Crippen MR) is 88.0 cm³/mol. The number of carbonyl (C=O) groups excluding carboxylic acids is 1. The van der Waals surface area contributed by atoms with Gasteiger partial charge in [0.2, 0.25) is 5.91 Å². The second-order valence-electron chi connectivity index (χ2n) is 4.51. The summed E-state index contributed by atoms with van der Waals surface area (Å²) in [7, 11) is 3.39. The van der Waals surface area contributed by atoms with Crippen LogP contribution in [0.4, 0.5) is 11.4 Å². The molecule has 0 aliphatic carbocycles. The lowest BCUT2D eigenvalue weighted by atomic mass is 10.2. The van der Waals surface area contributed by atoms with E-state index in [-0.39, 0.29) is 5.91 Å². The van der Waals surface area contributed by atoms with Gasteiger partial charge in [-0.05, 0) is 42.5 Å². The Morgan fingerprint density at radius 3 is 2.62 bits per heavy atom. The molecule has 0 fully saturated rings. The summed E-state index contributed by atoms with van der Waals surface area (Å²) in [6, 6.07) is 14.9. The van der Waals surface area contributed by atoms with E-state index in [1.54, 1.807) is 31.2 Å². The summed E-state index contributed by atoms with van der Waals surface area (Å²) in [5.74, 6) is 1.19. The number of amides is 1. The quantitative estimate of drug-likeness (QED) is 0.681. The SMILES string of the molecule is COc1cccc(SCC(=O)N(C)c2ccc(N)cc2)c1. The standard InChI is InChI=1S/C16H18N2O2S/c1-18(13-8-6-12(17)7-9-13)16(19)11-21-15-5-3-4-14(10-15)20-2/h3-10H,11,17H2,1-2H3. The van der Waals surface area contributed by atoms with Crippen molar-refractivity contribution < 1.29 is 9.53 Å². The molecule has 0 aliphatic rings. The maximum atomic E-state index is 12.2. The third-order valence-corrected chi connectivity index (χ3v) is 4.04. The summed E-state index contributed by atoms with van der Waals surface area (Å²) < 4.78 is 5.17. The Morgan fingerprint density at radius 1 is 1.24 bits per heavy atom. The molecule has 0 aromatic heterocycles. The van der Waals surface area contributed by atoms with E-state index in [1.165, 1.54) is 11.8 Å². The fourth-order valence-electron chi connectivity index (χ4n) is 1.77. The third kappa shape index (κ3) is 4.16. The molecule has 0 saturated heterocycles. The van der Waals surface area contributed by atoms with Crippen LogP contribution in [0.25, 0.3) is 0 Å². The summed E-state index contributed by atoms with van der Waals surface area (Å²) in [4.78, 5) is 14.8. The van der Waals surface area contributed by atoms with E-state index >= 15 is 0 Å². The monoisotopic (exact) mass is 302 g/mol. The smallest absolute Gasteiger partial charge is 0.237 e. The molecule has 110 valence electrons. The maximum absolute atomic E-state index is 12.2. The number of hydrogen-bond donors (Lipinski definition) is 1. The largest absolute Gasteiger partial charge is 0.497 e. The second-order valence-corrected chi connectivity index (χ2v) is 5.56. The van der Waals surface area contributed by atoms with E-state index in [2.05, 4.69) is 0 Å². The summed E-state index contributed by atoms with van der Waals surface area (Å²) >= 11 is 1.49. The minimum Gasteiger partial charge on any atom is -0.497 e. The Kier molecular flexibility index (Phi) is 5.11. The lowest BCUT2D eigenvalue weighted by Gasteiger charge is -2.17. The number of nitrogen functional groups attached to an aromatic ring is 1. The van der Waals surface area contributed by atoms with Gasteiger partial charge in [-0.25, -0.2) is 0 Å². The van der Waals surface area contributed by atoms with Gasteiger partial charge in [0.15, 0.2) is 0 Å². The molecule has 0 radical (unpaired) electrons. The molecule has 2 aromatic carbocycles. The first-order valence-electron chi connectivity index (χ1n) is 6.49. The predicted octanol–water partition coefficient (Wildman–Crippen LogP) is 3.03. The maximum Gasteiger partial charge on any atom is 0.237 e. The van der Waals surface area contributed by atoms with Crippen LogP contribution < -0.4 is 15.4 Å². The van der Waals surface area contributed by atoms with Crippen molar-refractivity contribution in [1.29, 1.82) is 0 Å². The van der Waals surface area contributed by atoms with Crippen LogP contribution in [-0.4, -0.2) is 25.8 Å². The highest BCUT2D eigenvalue weighted by molar-refractivity contribution is 8.00. The van der Waals surface area contributed by atoms with Gasteiger partial charge in [0.05, 0.1) is 12.9 Å². The van der Waals surface area contributed by atoms with Gasteiger partial charge in [0.25, 0.3) is 0 Å². The fourth-order valence-corrected chi connectivity index (χ4v) is 2.63. The zero-order valence-corrected chi connectivity index (χ0v) is 12.9. The van der Waals surface area contributed by atoms with Crippen molar-refractivity contribution in [2.75, 3.05) is 30.5 Å². The van der Waals surface area contributed by atoms with Crippen LogP contribution in [0.1, 0.15) is 0 Å². The van der Waals surface area contributed by atoms with E-state index in [0.29, 0.717) is 11.4 Å². The van der Waals surface area contributed by atoms with Crippen molar-refractivity contribution in [2.24, 2.45) is 0 Å². The lowest BCUT2D eigenvalue weighted by molar-refractivity contribution is -0.115. The summed E-state index contributed by atoms with van der Waals surface area (Å²) in [5, 5.41) is 0. The molecule has 5 heteroatoms. The first-order chi connectivity index (χ1) is 10.1. The van der Waals surface area contributed by atoms with Gasteiger partial charge >= 0.3 is 0 Å². The Labute approximate surface area is 128 Å². The Hall–Kier alpha value is -2.14. The molecule has 0 atom stereocenters. The molecular weight excluding hydrogens is 284 g/mol. The first kappa shape index (κ1) is 15.3. The first-order valence-corrected chi connectivity index (χ1v) is 7.47. The van der Waals surface area contributed by atoms with E-state index in [0.717, 1.165) is 16.3 Å². The zero-order valence-electron chi connectivity index (χ0n) is 12.1. The van der Waals surface area contributed by atoms with E-state index in [4.69, 9.17) is 10.5 Å². The highest BCUT2D eigenvalue weighted by Gasteiger charge is 2.11. The Morgan fingerprint density at radius 2 is 1.95 bits per heavy atom. The molecule has 21 heavy (non-hydrogen) atoms. The number of hydrogen-bond acceptors (Lipinski definition) is 4. The van der Waals surface area contributed by atoms with Crippen molar-refractivity contribution in [1.82, 2.24) is 0 Å². The number of nitrogens with zero attached hydrogens (tertiary/aromatic N) is 1. The van der Waals surface area contributed by atoms with Gasteiger partial charge in [0.1, 0.15) is 5.75 Å². The molecule has 4 nitrogen and oxygen atoms in total. The number of anilines is 2. The van der Waals surface area contributed by atoms with Crippen molar-refractivity contribution in [3.8, 4) is 5.75 Å². The van der Waals surface area contributed by atoms with E-state index < -0.39 is 0 Å². The van der Waals surface area contributed by atoms with Crippen LogP contribution in [-0.2, 0) is 4.79 Å². The average molecular weight is 302 g/mol. The van der Waals surface area contributed by atoms with E-state index in [1.807, 2.05) is 36.4 Å². The summed E-state index contributed by atoms with van der Waals surface area (Å²) in [6.07, 6.45) is 0. The minimum absolute atomic E-state index is 0.0348. The molecule has 0 unspecified atom stereocenters. The molecule has 2 N–H and O–H groups in total. The van der Waals surface area contributed by atoms with Crippen molar-refractivity contribution in [3.63, 3.8) is 0 Å².